The molecule has 1 atom stereocenters. The number of rotatable bonds is 3. The summed E-state index contributed by atoms with van der Waals surface area (Å²) >= 11 is 7.37. The molecule has 1 aliphatic heterocycles. The summed E-state index contributed by atoms with van der Waals surface area (Å²) in [6.45, 7) is 0.860. The molecule has 78 valence electrons. The van der Waals surface area contributed by atoms with E-state index in [0.717, 1.165) is 35.8 Å². The van der Waals surface area contributed by atoms with Gasteiger partial charge in [0.2, 0.25) is 0 Å². The van der Waals surface area contributed by atoms with E-state index in [1.54, 1.807) is 0 Å². The van der Waals surface area contributed by atoms with Gasteiger partial charge in [0.15, 0.2) is 0 Å². The molecule has 0 saturated carbocycles. The maximum absolute atomic E-state index is 9.33. The maximum Gasteiger partial charge on any atom is 0.0953 e. The highest BCUT2D eigenvalue weighted by Crippen LogP contribution is 2.31. The molecule has 1 saturated heterocycles. The van der Waals surface area contributed by atoms with Crippen LogP contribution >= 0.6 is 22.9 Å². The van der Waals surface area contributed by atoms with Crippen LogP contribution in [0.25, 0.3) is 0 Å². The smallest absolute Gasteiger partial charge is 0.0953 e. The molecule has 0 aromatic carbocycles. The Bertz CT molecular complexity index is 305. The van der Waals surface area contributed by atoms with Gasteiger partial charge in [-0.05, 0) is 29.9 Å². The summed E-state index contributed by atoms with van der Waals surface area (Å²) in [5.41, 5.74) is 0.820. The Labute approximate surface area is 92.5 Å². The molecule has 0 bridgehead atoms. The summed E-state index contributed by atoms with van der Waals surface area (Å²) in [7, 11) is 0. The standard InChI is InChI=1S/C10H13ClO2S/c11-9-4-8(6-14-9)5-10(7-12)2-1-3-13-10/h4,6,12H,1-3,5,7H2. The minimum Gasteiger partial charge on any atom is -0.393 e. The monoisotopic (exact) mass is 232 g/mol. The van der Waals surface area contributed by atoms with E-state index in [9.17, 15) is 5.11 Å². The number of halogens is 1. The molecule has 4 heteroatoms. The van der Waals surface area contributed by atoms with Crippen molar-refractivity contribution in [2.24, 2.45) is 0 Å². The second kappa shape index (κ2) is 4.19. The van der Waals surface area contributed by atoms with E-state index in [0.29, 0.717) is 0 Å². The summed E-state index contributed by atoms with van der Waals surface area (Å²) in [6.07, 6.45) is 2.75. The first-order valence-corrected chi connectivity index (χ1v) is 5.98. The van der Waals surface area contributed by atoms with Crippen molar-refractivity contribution in [1.29, 1.82) is 0 Å². The number of thiophene rings is 1. The van der Waals surface area contributed by atoms with E-state index in [2.05, 4.69) is 0 Å². The van der Waals surface area contributed by atoms with Crippen LogP contribution in [0.1, 0.15) is 18.4 Å². The average Bonchev–Trinajstić information content (AvgIpc) is 2.77. The fourth-order valence-electron chi connectivity index (χ4n) is 1.89. The summed E-state index contributed by atoms with van der Waals surface area (Å²) in [4.78, 5) is 0. The molecule has 1 N–H and O–H groups in total. The number of aliphatic hydroxyl groups is 1. The molecule has 1 aromatic rings. The largest absolute Gasteiger partial charge is 0.393 e. The molecule has 1 unspecified atom stereocenters. The van der Waals surface area contributed by atoms with Gasteiger partial charge in [0.1, 0.15) is 0 Å². The second-order valence-corrected chi connectivity index (χ2v) is 5.27. The van der Waals surface area contributed by atoms with Crippen molar-refractivity contribution in [3.05, 3.63) is 21.3 Å². The molecule has 1 aromatic heterocycles. The van der Waals surface area contributed by atoms with Crippen LogP contribution < -0.4 is 0 Å². The summed E-state index contributed by atoms with van der Waals surface area (Å²) in [6, 6.07) is 1.95. The summed E-state index contributed by atoms with van der Waals surface area (Å²) in [5, 5.41) is 11.4. The average molecular weight is 233 g/mol. The fourth-order valence-corrected chi connectivity index (χ4v) is 2.79. The van der Waals surface area contributed by atoms with Crippen LogP contribution in [0.15, 0.2) is 11.4 Å². The minimum absolute atomic E-state index is 0.0977. The first-order valence-electron chi connectivity index (χ1n) is 4.72. The third kappa shape index (κ3) is 2.11. The van der Waals surface area contributed by atoms with Crippen LogP contribution in [0.4, 0.5) is 0 Å². The van der Waals surface area contributed by atoms with Gasteiger partial charge in [-0.1, -0.05) is 11.6 Å². The van der Waals surface area contributed by atoms with Crippen molar-refractivity contribution >= 4 is 22.9 Å². The normalized spacial score (nSPS) is 27.0. The van der Waals surface area contributed by atoms with E-state index < -0.39 is 0 Å². The third-order valence-corrected chi connectivity index (χ3v) is 3.76. The highest BCUT2D eigenvalue weighted by molar-refractivity contribution is 7.14. The fraction of sp³-hybridized carbons (Fsp3) is 0.600. The van der Waals surface area contributed by atoms with Crippen molar-refractivity contribution in [2.45, 2.75) is 24.9 Å². The van der Waals surface area contributed by atoms with E-state index in [1.807, 2.05) is 11.4 Å². The van der Waals surface area contributed by atoms with Gasteiger partial charge in [-0.15, -0.1) is 11.3 Å². The number of hydrogen-bond acceptors (Lipinski definition) is 3. The molecule has 0 radical (unpaired) electrons. The molecule has 2 rings (SSSR count). The van der Waals surface area contributed by atoms with Crippen LogP contribution in [0.2, 0.25) is 4.34 Å². The van der Waals surface area contributed by atoms with Gasteiger partial charge >= 0.3 is 0 Å². The quantitative estimate of drug-likeness (QED) is 0.868. The lowest BCUT2D eigenvalue weighted by Gasteiger charge is -2.25. The zero-order valence-corrected chi connectivity index (χ0v) is 9.40. The number of aliphatic hydroxyl groups excluding tert-OH is 1. The molecular weight excluding hydrogens is 220 g/mol. The Kier molecular flexibility index (Phi) is 3.12. The van der Waals surface area contributed by atoms with E-state index in [4.69, 9.17) is 16.3 Å². The Morgan fingerprint density at radius 1 is 1.64 bits per heavy atom. The van der Waals surface area contributed by atoms with E-state index in [-0.39, 0.29) is 12.2 Å². The number of hydrogen-bond donors (Lipinski definition) is 1. The number of ether oxygens (including phenoxy) is 1. The lowest BCUT2D eigenvalue weighted by atomic mass is 9.94. The van der Waals surface area contributed by atoms with Crippen molar-refractivity contribution in [1.82, 2.24) is 0 Å². The molecule has 2 heterocycles. The SMILES string of the molecule is OCC1(Cc2csc(Cl)c2)CCCO1. The first-order chi connectivity index (χ1) is 6.74. The highest BCUT2D eigenvalue weighted by Gasteiger charge is 2.34. The molecule has 0 aliphatic carbocycles. The van der Waals surface area contributed by atoms with E-state index >= 15 is 0 Å². The van der Waals surface area contributed by atoms with Gasteiger partial charge < -0.3 is 9.84 Å². The van der Waals surface area contributed by atoms with Gasteiger partial charge in [0.25, 0.3) is 0 Å². The maximum atomic E-state index is 9.33. The highest BCUT2D eigenvalue weighted by atomic mass is 35.5. The van der Waals surface area contributed by atoms with Gasteiger partial charge in [0, 0.05) is 13.0 Å². The lowest BCUT2D eigenvalue weighted by Crippen LogP contribution is -2.34. The molecule has 14 heavy (non-hydrogen) atoms. The predicted octanol–water partition coefficient (Wildman–Crippen LogP) is 2.49. The molecule has 1 fully saturated rings. The molecule has 2 nitrogen and oxygen atoms in total. The second-order valence-electron chi connectivity index (χ2n) is 3.73. The summed E-state index contributed by atoms with van der Waals surface area (Å²) in [5.74, 6) is 0. The van der Waals surface area contributed by atoms with Crippen LogP contribution in [0.3, 0.4) is 0 Å². The Balaban J connectivity index is 2.08. The van der Waals surface area contributed by atoms with Crippen molar-refractivity contribution < 1.29 is 9.84 Å². The molecule has 0 spiro atoms. The van der Waals surface area contributed by atoms with Crippen molar-refractivity contribution in [3.63, 3.8) is 0 Å². The van der Waals surface area contributed by atoms with Crippen LogP contribution in [-0.2, 0) is 11.2 Å². The van der Waals surface area contributed by atoms with Crippen LogP contribution in [0, 0.1) is 0 Å². The van der Waals surface area contributed by atoms with Gasteiger partial charge in [-0.25, -0.2) is 0 Å². The first kappa shape index (κ1) is 10.4. The minimum atomic E-state index is -0.343. The summed E-state index contributed by atoms with van der Waals surface area (Å²) < 4.78 is 6.41. The Morgan fingerprint density at radius 2 is 2.50 bits per heavy atom. The molecule has 1 aliphatic rings. The lowest BCUT2D eigenvalue weighted by molar-refractivity contribution is -0.0376. The predicted molar refractivity (Wildman–Crippen MR) is 58.0 cm³/mol. The Morgan fingerprint density at radius 3 is 3.00 bits per heavy atom. The third-order valence-electron chi connectivity index (χ3n) is 2.62. The van der Waals surface area contributed by atoms with Crippen molar-refractivity contribution in [3.8, 4) is 0 Å². The zero-order chi connectivity index (χ0) is 10.0. The van der Waals surface area contributed by atoms with Crippen LogP contribution in [-0.4, -0.2) is 23.9 Å². The Hall–Kier alpha value is -0.0900. The molecule has 0 amide bonds. The van der Waals surface area contributed by atoms with Crippen molar-refractivity contribution in [2.75, 3.05) is 13.2 Å². The van der Waals surface area contributed by atoms with E-state index in [1.165, 1.54) is 11.3 Å². The van der Waals surface area contributed by atoms with Gasteiger partial charge in [-0.2, -0.15) is 0 Å². The van der Waals surface area contributed by atoms with Gasteiger partial charge in [-0.3, -0.25) is 0 Å². The topological polar surface area (TPSA) is 29.5 Å². The van der Waals surface area contributed by atoms with Crippen LogP contribution in [0.5, 0.6) is 0 Å². The molecular formula is C10H13ClO2S. The van der Waals surface area contributed by atoms with Gasteiger partial charge in [0.05, 0.1) is 16.5 Å². The zero-order valence-electron chi connectivity index (χ0n) is 7.83.